The highest BCUT2D eigenvalue weighted by Gasteiger charge is 2.26. The van der Waals surface area contributed by atoms with Gasteiger partial charge in [0.15, 0.2) is 0 Å². The zero-order valence-corrected chi connectivity index (χ0v) is 21.9. The van der Waals surface area contributed by atoms with Gasteiger partial charge in [-0.15, -0.1) is 0 Å². The van der Waals surface area contributed by atoms with Gasteiger partial charge < -0.3 is 14.8 Å². The molecule has 0 saturated carbocycles. The fraction of sp³-hybridized carbons (Fsp3) is 0.519. The number of methoxy groups -OCH3 is 1. The standard InChI is InChI=1S/C27H37N3O5S/c1-34-26-11-10-25(36(32,33)30-13-3-2-4-14-30)19-24(26)9-12-27(31)28-20-22-5-7-23(8-6-22)21-29-15-17-35-18-16-29/h5-8,10-11,19H,2-4,9,12-18,20-21H2,1H3,(H,28,31). The third-order valence-corrected chi connectivity index (χ3v) is 8.74. The van der Waals surface area contributed by atoms with E-state index in [1.165, 1.54) is 5.56 Å². The molecule has 2 heterocycles. The Bertz CT molecular complexity index is 1110. The maximum atomic E-state index is 13.1. The van der Waals surface area contributed by atoms with Crippen LogP contribution >= 0.6 is 0 Å². The van der Waals surface area contributed by atoms with Crippen LogP contribution in [0.2, 0.25) is 0 Å². The number of ether oxygens (including phenoxy) is 2. The maximum Gasteiger partial charge on any atom is 0.243 e. The minimum absolute atomic E-state index is 0.0845. The Morgan fingerprint density at radius 2 is 1.67 bits per heavy atom. The van der Waals surface area contributed by atoms with Crippen LogP contribution in [0.4, 0.5) is 0 Å². The number of aryl methyl sites for hydroxylation is 1. The van der Waals surface area contributed by atoms with E-state index in [-0.39, 0.29) is 17.2 Å². The number of rotatable bonds is 10. The van der Waals surface area contributed by atoms with Crippen molar-refractivity contribution < 1.29 is 22.7 Å². The zero-order valence-electron chi connectivity index (χ0n) is 21.1. The van der Waals surface area contributed by atoms with Crippen LogP contribution in [-0.2, 0) is 39.1 Å². The lowest BCUT2D eigenvalue weighted by Crippen LogP contribution is -2.35. The highest BCUT2D eigenvalue weighted by atomic mass is 32.2. The molecule has 0 aromatic heterocycles. The number of carbonyl (C=O) groups is 1. The molecule has 0 bridgehead atoms. The van der Waals surface area contributed by atoms with Crippen molar-refractivity contribution in [2.45, 2.75) is 50.1 Å². The molecular weight excluding hydrogens is 478 g/mol. The molecule has 8 nitrogen and oxygen atoms in total. The molecule has 0 unspecified atom stereocenters. The van der Waals surface area contributed by atoms with E-state index in [1.807, 2.05) is 12.1 Å². The molecule has 2 aliphatic heterocycles. The van der Waals surface area contributed by atoms with E-state index in [1.54, 1.807) is 29.6 Å². The van der Waals surface area contributed by atoms with Crippen molar-refractivity contribution in [3.05, 3.63) is 59.2 Å². The zero-order chi connectivity index (χ0) is 25.4. The van der Waals surface area contributed by atoms with Crippen molar-refractivity contribution in [1.29, 1.82) is 0 Å². The normalized spacial score (nSPS) is 17.6. The molecule has 9 heteroatoms. The lowest BCUT2D eigenvalue weighted by atomic mass is 10.1. The Morgan fingerprint density at radius 3 is 2.36 bits per heavy atom. The first-order valence-electron chi connectivity index (χ1n) is 12.8. The highest BCUT2D eigenvalue weighted by molar-refractivity contribution is 7.89. The first-order valence-corrected chi connectivity index (χ1v) is 14.2. The van der Waals surface area contributed by atoms with E-state index in [9.17, 15) is 13.2 Å². The summed E-state index contributed by atoms with van der Waals surface area (Å²) in [6.07, 6.45) is 3.49. The van der Waals surface area contributed by atoms with Crippen molar-refractivity contribution in [2.24, 2.45) is 0 Å². The second kappa shape index (κ2) is 12.7. The molecule has 0 atom stereocenters. The van der Waals surface area contributed by atoms with Crippen molar-refractivity contribution in [1.82, 2.24) is 14.5 Å². The monoisotopic (exact) mass is 515 g/mol. The quantitative estimate of drug-likeness (QED) is 0.524. The topological polar surface area (TPSA) is 88.2 Å². The van der Waals surface area contributed by atoms with E-state index in [0.29, 0.717) is 31.8 Å². The smallest absolute Gasteiger partial charge is 0.243 e. The molecule has 0 radical (unpaired) electrons. The lowest BCUT2D eigenvalue weighted by molar-refractivity contribution is -0.121. The van der Waals surface area contributed by atoms with E-state index >= 15 is 0 Å². The number of carbonyl (C=O) groups excluding carboxylic acids is 1. The summed E-state index contributed by atoms with van der Waals surface area (Å²) < 4.78 is 38.5. The van der Waals surface area contributed by atoms with Crippen LogP contribution in [-0.4, -0.2) is 70.0 Å². The van der Waals surface area contributed by atoms with Gasteiger partial charge in [-0.3, -0.25) is 9.69 Å². The summed E-state index contributed by atoms with van der Waals surface area (Å²) >= 11 is 0. The Kier molecular flexibility index (Phi) is 9.36. The molecule has 2 fully saturated rings. The summed E-state index contributed by atoms with van der Waals surface area (Å²) in [5, 5.41) is 2.97. The number of sulfonamides is 1. The number of amides is 1. The molecule has 2 aromatic rings. The van der Waals surface area contributed by atoms with Crippen LogP contribution in [0.25, 0.3) is 0 Å². The van der Waals surface area contributed by atoms with Gasteiger partial charge in [-0.2, -0.15) is 4.31 Å². The summed E-state index contributed by atoms with van der Waals surface area (Å²) in [6.45, 7) is 5.95. The highest BCUT2D eigenvalue weighted by Crippen LogP contribution is 2.27. The first kappa shape index (κ1) is 26.6. The molecular formula is C27H37N3O5S. The average molecular weight is 516 g/mol. The predicted octanol–water partition coefficient (Wildman–Crippen LogP) is 2.95. The number of morpholine rings is 1. The molecule has 4 rings (SSSR count). The fourth-order valence-electron chi connectivity index (χ4n) is 4.68. The van der Waals surface area contributed by atoms with E-state index in [2.05, 4.69) is 22.3 Å². The number of nitrogens with one attached hydrogen (secondary N) is 1. The number of hydrogen-bond donors (Lipinski definition) is 1. The SMILES string of the molecule is COc1ccc(S(=O)(=O)N2CCCCC2)cc1CCC(=O)NCc1ccc(CN2CCOCC2)cc1. The third kappa shape index (κ3) is 7.06. The molecule has 2 saturated heterocycles. The van der Waals surface area contributed by atoms with Crippen molar-refractivity contribution in [2.75, 3.05) is 46.5 Å². The second-order valence-electron chi connectivity index (χ2n) is 9.42. The van der Waals surface area contributed by atoms with Crippen LogP contribution in [0, 0.1) is 0 Å². The van der Waals surface area contributed by atoms with Gasteiger partial charge in [0.25, 0.3) is 0 Å². The van der Waals surface area contributed by atoms with E-state index in [4.69, 9.17) is 9.47 Å². The van der Waals surface area contributed by atoms with Gasteiger partial charge in [-0.25, -0.2) is 8.42 Å². The molecule has 0 spiro atoms. The average Bonchev–Trinajstić information content (AvgIpc) is 2.92. The van der Waals surface area contributed by atoms with Gasteiger partial charge in [-0.05, 0) is 54.2 Å². The van der Waals surface area contributed by atoms with Crippen molar-refractivity contribution >= 4 is 15.9 Å². The Balaban J connectivity index is 1.30. The molecule has 2 aromatic carbocycles. The van der Waals surface area contributed by atoms with Crippen molar-refractivity contribution in [3.8, 4) is 5.75 Å². The van der Waals surface area contributed by atoms with Gasteiger partial charge in [0.1, 0.15) is 5.75 Å². The summed E-state index contributed by atoms with van der Waals surface area (Å²) in [7, 11) is -1.98. The molecule has 2 aliphatic rings. The van der Waals surface area contributed by atoms with Crippen molar-refractivity contribution in [3.63, 3.8) is 0 Å². The molecule has 196 valence electrons. The fourth-order valence-corrected chi connectivity index (χ4v) is 6.25. The summed E-state index contributed by atoms with van der Waals surface area (Å²) in [4.78, 5) is 15.2. The predicted molar refractivity (Wildman–Crippen MR) is 138 cm³/mol. The van der Waals surface area contributed by atoms with E-state index in [0.717, 1.165) is 63.2 Å². The Morgan fingerprint density at radius 1 is 0.972 bits per heavy atom. The van der Waals surface area contributed by atoms with E-state index < -0.39 is 10.0 Å². The van der Waals surface area contributed by atoms with Crippen LogP contribution in [0.15, 0.2) is 47.4 Å². The van der Waals surface area contributed by atoms with Gasteiger partial charge in [-0.1, -0.05) is 30.7 Å². The largest absolute Gasteiger partial charge is 0.496 e. The van der Waals surface area contributed by atoms with Gasteiger partial charge in [0.2, 0.25) is 15.9 Å². The van der Waals surface area contributed by atoms with Gasteiger partial charge in [0.05, 0.1) is 25.2 Å². The Labute approximate surface area is 214 Å². The number of piperidine rings is 1. The molecule has 0 aliphatic carbocycles. The Hall–Kier alpha value is -2.46. The van der Waals surface area contributed by atoms with Crippen LogP contribution < -0.4 is 10.1 Å². The summed E-state index contributed by atoms with van der Waals surface area (Å²) in [5.74, 6) is 0.509. The minimum atomic E-state index is -3.54. The number of benzene rings is 2. The van der Waals surface area contributed by atoms with Crippen LogP contribution in [0.1, 0.15) is 42.4 Å². The molecule has 1 amide bonds. The van der Waals surface area contributed by atoms with Gasteiger partial charge >= 0.3 is 0 Å². The summed E-state index contributed by atoms with van der Waals surface area (Å²) in [6, 6.07) is 13.2. The van der Waals surface area contributed by atoms with Crippen LogP contribution in [0.3, 0.4) is 0 Å². The minimum Gasteiger partial charge on any atom is -0.496 e. The lowest BCUT2D eigenvalue weighted by Gasteiger charge is -2.26. The number of nitrogens with zero attached hydrogens (tertiary/aromatic N) is 2. The maximum absolute atomic E-state index is 13.1. The third-order valence-electron chi connectivity index (χ3n) is 6.85. The summed E-state index contributed by atoms with van der Waals surface area (Å²) in [5.41, 5.74) is 3.01. The molecule has 36 heavy (non-hydrogen) atoms. The second-order valence-corrected chi connectivity index (χ2v) is 11.4. The number of hydrogen-bond acceptors (Lipinski definition) is 6. The molecule has 1 N–H and O–H groups in total. The van der Waals surface area contributed by atoms with Crippen LogP contribution in [0.5, 0.6) is 5.75 Å². The van der Waals surface area contributed by atoms with Gasteiger partial charge in [0, 0.05) is 45.7 Å². The first-order chi connectivity index (χ1) is 17.5.